The van der Waals surface area contributed by atoms with Crippen LogP contribution in [0.5, 0.6) is 0 Å². The monoisotopic (exact) mass is 169 g/mol. The van der Waals surface area contributed by atoms with Crippen LogP contribution >= 0.6 is 0 Å². The van der Waals surface area contributed by atoms with Crippen molar-refractivity contribution in [1.29, 1.82) is 0 Å². The minimum absolute atomic E-state index is 0.658. The molecule has 0 aromatic rings. The summed E-state index contributed by atoms with van der Waals surface area (Å²) in [6.07, 6.45) is 7.67. The van der Waals surface area contributed by atoms with E-state index in [0.717, 1.165) is 12.3 Å². The summed E-state index contributed by atoms with van der Waals surface area (Å²) in [5.74, 6) is 0.818. The minimum Gasteiger partial charge on any atom is -0.211 e. The van der Waals surface area contributed by atoms with Crippen LogP contribution in [0.15, 0.2) is 4.99 Å². The van der Waals surface area contributed by atoms with Gasteiger partial charge in [0.2, 0.25) is 6.08 Å². The standard InChI is InChI=1S/C10H19NO/c1-10(2)7-5-3-4-6-8-11-9-12/h10H,3-8H2,1-2H3. The molecule has 0 rings (SSSR count). The molecule has 0 aromatic carbocycles. The first kappa shape index (κ1) is 11.4. The van der Waals surface area contributed by atoms with Crippen molar-refractivity contribution >= 4 is 6.08 Å². The third kappa shape index (κ3) is 9.38. The average Bonchev–Trinajstić information content (AvgIpc) is 2.02. The summed E-state index contributed by atoms with van der Waals surface area (Å²) in [5.41, 5.74) is 0. The number of nitrogens with zero attached hydrogens (tertiary/aromatic N) is 1. The number of hydrogen-bond donors (Lipinski definition) is 0. The first-order valence-electron chi connectivity index (χ1n) is 4.81. The van der Waals surface area contributed by atoms with Gasteiger partial charge in [-0.1, -0.05) is 39.5 Å². The van der Waals surface area contributed by atoms with Gasteiger partial charge in [0.25, 0.3) is 0 Å². The van der Waals surface area contributed by atoms with E-state index in [1.807, 2.05) is 0 Å². The molecule has 0 N–H and O–H groups in total. The van der Waals surface area contributed by atoms with Crippen molar-refractivity contribution in [2.45, 2.75) is 46.0 Å². The van der Waals surface area contributed by atoms with Crippen molar-refractivity contribution in [2.24, 2.45) is 10.9 Å². The van der Waals surface area contributed by atoms with Crippen LogP contribution in [0.4, 0.5) is 0 Å². The van der Waals surface area contributed by atoms with Gasteiger partial charge < -0.3 is 0 Å². The summed E-state index contributed by atoms with van der Waals surface area (Å²) in [7, 11) is 0. The molecule has 0 aliphatic carbocycles. The first-order chi connectivity index (χ1) is 5.77. The molecule has 2 heteroatoms. The lowest BCUT2D eigenvalue weighted by Crippen LogP contribution is -1.87. The summed E-state index contributed by atoms with van der Waals surface area (Å²) in [6.45, 7) is 5.15. The van der Waals surface area contributed by atoms with Gasteiger partial charge in [-0.25, -0.2) is 9.79 Å². The molecule has 0 saturated heterocycles. The molecular weight excluding hydrogens is 150 g/mol. The van der Waals surface area contributed by atoms with E-state index in [-0.39, 0.29) is 0 Å². The van der Waals surface area contributed by atoms with Crippen LogP contribution in [0.3, 0.4) is 0 Å². The zero-order valence-electron chi connectivity index (χ0n) is 8.18. The second-order valence-corrected chi connectivity index (χ2v) is 3.57. The first-order valence-corrected chi connectivity index (χ1v) is 4.81. The number of carbonyl (C=O) groups excluding carboxylic acids is 1. The molecule has 12 heavy (non-hydrogen) atoms. The van der Waals surface area contributed by atoms with Gasteiger partial charge in [-0.3, -0.25) is 0 Å². The lowest BCUT2D eigenvalue weighted by Gasteiger charge is -2.02. The van der Waals surface area contributed by atoms with Crippen LogP contribution in [0.2, 0.25) is 0 Å². The molecular formula is C10H19NO. The molecule has 0 atom stereocenters. The van der Waals surface area contributed by atoms with Crippen molar-refractivity contribution in [3.05, 3.63) is 0 Å². The van der Waals surface area contributed by atoms with E-state index in [1.54, 1.807) is 6.08 Å². The molecule has 0 spiro atoms. The summed E-state index contributed by atoms with van der Waals surface area (Å²) < 4.78 is 0. The van der Waals surface area contributed by atoms with Crippen LogP contribution in [0.25, 0.3) is 0 Å². The maximum absolute atomic E-state index is 9.69. The van der Waals surface area contributed by atoms with E-state index in [0.29, 0.717) is 6.54 Å². The third-order valence-corrected chi connectivity index (χ3v) is 1.87. The van der Waals surface area contributed by atoms with Crippen LogP contribution in [0, 0.1) is 5.92 Å². The van der Waals surface area contributed by atoms with E-state index in [9.17, 15) is 4.79 Å². The Kier molecular flexibility index (Phi) is 8.04. The van der Waals surface area contributed by atoms with Gasteiger partial charge in [-0.05, 0) is 12.3 Å². The fraction of sp³-hybridized carbons (Fsp3) is 0.900. The Morgan fingerprint density at radius 2 is 1.83 bits per heavy atom. The lowest BCUT2D eigenvalue weighted by atomic mass is 10.0. The maximum atomic E-state index is 9.69. The predicted octanol–water partition coefficient (Wildman–Crippen LogP) is 2.93. The number of rotatable bonds is 7. The second kappa shape index (κ2) is 8.48. The third-order valence-electron chi connectivity index (χ3n) is 1.87. The molecule has 0 unspecified atom stereocenters. The molecule has 0 bridgehead atoms. The van der Waals surface area contributed by atoms with Gasteiger partial charge >= 0.3 is 0 Å². The Bertz CT molecular complexity index is 137. The van der Waals surface area contributed by atoms with Crippen molar-refractivity contribution < 1.29 is 4.79 Å². The number of isocyanates is 1. The Labute approximate surface area is 75.1 Å². The molecule has 0 heterocycles. The van der Waals surface area contributed by atoms with E-state index in [4.69, 9.17) is 0 Å². The number of aliphatic imine (C=N–C) groups is 1. The minimum atomic E-state index is 0.658. The van der Waals surface area contributed by atoms with Crippen LogP contribution in [-0.2, 0) is 4.79 Å². The molecule has 0 aromatic heterocycles. The largest absolute Gasteiger partial charge is 0.234 e. The van der Waals surface area contributed by atoms with Crippen molar-refractivity contribution in [3.8, 4) is 0 Å². The molecule has 0 radical (unpaired) electrons. The summed E-state index contributed by atoms with van der Waals surface area (Å²) in [6, 6.07) is 0. The molecule has 0 aliphatic rings. The van der Waals surface area contributed by atoms with Crippen LogP contribution in [-0.4, -0.2) is 12.6 Å². The van der Waals surface area contributed by atoms with Crippen molar-refractivity contribution in [2.75, 3.05) is 6.54 Å². The second-order valence-electron chi connectivity index (χ2n) is 3.57. The van der Waals surface area contributed by atoms with Crippen LogP contribution in [0.1, 0.15) is 46.0 Å². The van der Waals surface area contributed by atoms with Gasteiger partial charge in [0, 0.05) is 0 Å². The van der Waals surface area contributed by atoms with Gasteiger partial charge in [0.15, 0.2) is 0 Å². The molecule has 0 aliphatic heterocycles. The van der Waals surface area contributed by atoms with Gasteiger partial charge in [-0.15, -0.1) is 0 Å². The van der Waals surface area contributed by atoms with E-state index in [2.05, 4.69) is 18.8 Å². The normalized spacial score (nSPS) is 9.92. The average molecular weight is 169 g/mol. The Morgan fingerprint density at radius 1 is 1.17 bits per heavy atom. The molecule has 0 saturated carbocycles. The lowest BCUT2D eigenvalue weighted by molar-refractivity contribution is 0.520. The quantitative estimate of drug-likeness (QED) is 0.327. The van der Waals surface area contributed by atoms with E-state index < -0.39 is 0 Å². The summed E-state index contributed by atoms with van der Waals surface area (Å²) >= 11 is 0. The summed E-state index contributed by atoms with van der Waals surface area (Å²) in [5, 5.41) is 0. The highest BCUT2D eigenvalue weighted by molar-refractivity contribution is 5.32. The molecule has 0 amide bonds. The van der Waals surface area contributed by atoms with Crippen molar-refractivity contribution in [3.63, 3.8) is 0 Å². The molecule has 0 fully saturated rings. The SMILES string of the molecule is CC(C)CCCCCCN=C=O. The highest BCUT2D eigenvalue weighted by Crippen LogP contribution is 2.09. The fourth-order valence-electron chi connectivity index (χ4n) is 1.14. The Hall–Kier alpha value is -0.620. The van der Waals surface area contributed by atoms with E-state index in [1.165, 1.54) is 25.7 Å². The van der Waals surface area contributed by atoms with Crippen LogP contribution < -0.4 is 0 Å². The number of hydrogen-bond acceptors (Lipinski definition) is 2. The highest BCUT2D eigenvalue weighted by atomic mass is 16.1. The Balaban J connectivity index is 2.95. The topological polar surface area (TPSA) is 29.4 Å². The molecule has 2 nitrogen and oxygen atoms in total. The number of unbranched alkanes of at least 4 members (excludes halogenated alkanes) is 3. The maximum Gasteiger partial charge on any atom is 0.234 e. The molecule has 70 valence electrons. The highest BCUT2D eigenvalue weighted by Gasteiger charge is 1.93. The zero-order valence-corrected chi connectivity index (χ0v) is 8.18. The van der Waals surface area contributed by atoms with Crippen molar-refractivity contribution in [1.82, 2.24) is 0 Å². The fourth-order valence-corrected chi connectivity index (χ4v) is 1.14. The van der Waals surface area contributed by atoms with E-state index >= 15 is 0 Å². The smallest absolute Gasteiger partial charge is 0.211 e. The van der Waals surface area contributed by atoms with Gasteiger partial charge in [-0.2, -0.15) is 0 Å². The predicted molar refractivity (Wildman–Crippen MR) is 50.9 cm³/mol. The Morgan fingerprint density at radius 3 is 2.42 bits per heavy atom. The van der Waals surface area contributed by atoms with Gasteiger partial charge in [0.05, 0.1) is 6.54 Å². The summed E-state index contributed by atoms with van der Waals surface area (Å²) in [4.78, 5) is 13.2. The zero-order chi connectivity index (χ0) is 9.23. The van der Waals surface area contributed by atoms with Gasteiger partial charge in [0.1, 0.15) is 0 Å².